The number of rotatable bonds is 3. The maximum Gasteiger partial charge on any atom is 0.309 e. The zero-order valence-electron chi connectivity index (χ0n) is 8.30. The average molecular weight is 281 g/mol. The molecule has 0 fully saturated rings. The van der Waals surface area contributed by atoms with E-state index < -0.39 is 5.97 Å². The van der Waals surface area contributed by atoms with Gasteiger partial charge in [0.25, 0.3) is 0 Å². The average Bonchev–Trinajstić information content (AvgIpc) is 2.66. The number of carbonyl (C=O) groups is 1. The van der Waals surface area contributed by atoms with Crippen LogP contribution in [0.4, 0.5) is 0 Å². The molecule has 82 valence electrons. The summed E-state index contributed by atoms with van der Waals surface area (Å²) in [6.07, 6.45) is 1.57. The molecule has 1 aromatic carbocycles. The summed E-state index contributed by atoms with van der Waals surface area (Å²) >= 11 is 3.34. The van der Waals surface area contributed by atoms with Crippen molar-refractivity contribution in [1.29, 1.82) is 0 Å². The van der Waals surface area contributed by atoms with Gasteiger partial charge in [0.2, 0.25) is 0 Å². The van der Waals surface area contributed by atoms with Crippen molar-refractivity contribution in [1.82, 2.24) is 9.78 Å². The van der Waals surface area contributed by atoms with Crippen LogP contribution >= 0.6 is 15.9 Å². The highest BCUT2D eigenvalue weighted by Crippen LogP contribution is 2.15. The van der Waals surface area contributed by atoms with E-state index in [1.54, 1.807) is 16.9 Å². The second-order valence-corrected chi connectivity index (χ2v) is 4.20. The summed E-state index contributed by atoms with van der Waals surface area (Å²) in [4.78, 5) is 10.7. The van der Waals surface area contributed by atoms with Gasteiger partial charge in [0.15, 0.2) is 0 Å². The molecule has 0 aliphatic rings. The minimum atomic E-state index is -0.862. The van der Waals surface area contributed by atoms with Gasteiger partial charge in [-0.3, -0.25) is 4.79 Å². The van der Waals surface area contributed by atoms with Crippen LogP contribution in [-0.4, -0.2) is 20.9 Å². The van der Waals surface area contributed by atoms with Gasteiger partial charge in [0.1, 0.15) is 0 Å². The lowest BCUT2D eigenvalue weighted by Gasteiger charge is -2.05. The Balaban J connectivity index is 2.36. The molecule has 5 heteroatoms. The molecule has 0 spiro atoms. The smallest absolute Gasteiger partial charge is 0.309 e. The number of carboxylic acid groups (broad SMARTS) is 1. The molecule has 0 aliphatic carbocycles. The Bertz CT molecular complexity index is 505. The molecule has 0 radical (unpaired) electrons. The third kappa shape index (κ3) is 2.30. The van der Waals surface area contributed by atoms with Gasteiger partial charge in [-0.15, -0.1) is 0 Å². The minimum Gasteiger partial charge on any atom is -0.481 e. The number of hydrogen-bond donors (Lipinski definition) is 1. The molecule has 0 aliphatic heterocycles. The lowest BCUT2D eigenvalue weighted by atomic mass is 10.3. The van der Waals surface area contributed by atoms with Crippen molar-refractivity contribution in [3.63, 3.8) is 0 Å². The summed E-state index contributed by atoms with van der Waals surface area (Å²) < 4.78 is 2.60. The van der Waals surface area contributed by atoms with Crippen LogP contribution in [0.1, 0.15) is 5.69 Å². The summed E-state index contributed by atoms with van der Waals surface area (Å²) in [7, 11) is 0. The predicted octanol–water partition coefficient (Wildman–Crippen LogP) is 2.26. The van der Waals surface area contributed by atoms with Crippen molar-refractivity contribution >= 4 is 21.9 Å². The second kappa shape index (κ2) is 4.49. The van der Waals surface area contributed by atoms with Gasteiger partial charge in [-0.2, -0.15) is 5.10 Å². The van der Waals surface area contributed by atoms with Gasteiger partial charge in [0.05, 0.1) is 17.8 Å². The largest absolute Gasteiger partial charge is 0.481 e. The molecule has 0 bridgehead atoms. The molecule has 0 saturated heterocycles. The normalized spacial score (nSPS) is 10.3. The van der Waals surface area contributed by atoms with Crippen LogP contribution in [0.2, 0.25) is 0 Å². The van der Waals surface area contributed by atoms with Crippen LogP contribution in [0.5, 0.6) is 0 Å². The third-order valence-electron chi connectivity index (χ3n) is 2.12. The fraction of sp³-hybridized carbons (Fsp3) is 0.0909. The van der Waals surface area contributed by atoms with Gasteiger partial charge in [-0.05, 0) is 30.3 Å². The molecule has 2 rings (SSSR count). The molecular formula is C11H9BrN2O2. The Kier molecular flexibility index (Phi) is 3.05. The van der Waals surface area contributed by atoms with Crippen molar-refractivity contribution < 1.29 is 9.90 Å². The Hall–Kier alpha value is -1.62. The van der Waals surface area contributed by atoms with E-state index in [0.717, 1.165) is 10.2 Å². The van der Waals surface area contributed by atoms with E-state index in [-0.39, 0.29) is 6.42 Å². The Labute approximate surface area is 101 Å². The van der Waals surface area contributed by atoms with E-state index in [9.17, 15) is 4.79 Å². The van der Waals surface area contributed by atoms with Gasteiger partial charge in [0, 0.05) is 10.7 Å². The number of halogens is 1. The number of aliphatic carboxylic acids is 1. The number of benzene rings is 1. The van der Waals surface area contributed by atoms with E-state index >= 15 is 0 Å². The number of aromatic nitrogens is 2. The van der Waals surface area contributed by atoms with Crippen LogP contribution in [0.25, 0.3) is 5.69 Å². The van der Waals surface area contributed by atoms with E-state index in [0.29, 0.717) is 5.69 Å². The first-order chi connectivity index (χ1) is 7.66. The van der Waals surface area contributed by atoms with Crippen molar-refractivity contribution in [3.8, 4) is 5.69 Å². The molecule has 0 amide bonds. The zero-order valence-corrected chi connectivity index (χ0v) is 9.89. The zero-order chi connectivity index (χ0) is 11.5. The quantitative estimate of drug-likeness (QED) is 0.938. The van der Waals surface area contributed by atoms with E-state index in [1.807, 2.05) is 24.3 Å². The molecule has 2 aromatic rings. The first-order valence-corrected chi connectivity index (χ1v) is 5.47. The third-order valence-corrected chi connectivity index (χ3v) is 2.65. The molecular weight excluding hydrogens is 272 g/mol. The highest BCUT2D eigenvalue weighted by molar-refractivity contribution is 9.10. The lowest BCUT2D eigenvalue weighted by Crippen LogP contribution is -2.07. The van der Waals surface area contributed by atoms with Gasteiger partial charge in [-0.1, -0.05) is 15.9 Å². The molecule has 1 heterocycles. The molecule has 1 N–H and O–H groups in total. The van der Waals surface area contributed by atoms with E-state index in [4.69, 9.17) is 5.11 Å². The van der Waals surface area contributed by atoms with Crippen LogP contribution in [0, 0.1) is 0 Å². The number of hydrogen-bond acceptors (Lipinski definition) is 2. The van der Waals surface area contributed by atoms with Crippen molar-refractivity contribution in [3.05, 3.63) is 46.7 Å². The lowest BCUT2D eigenvalue weighted by molar-refractivity contribution is -0.136. The van der Waals surface area contributed by atoms with Crippen LogP contribution < -0.4 is 0 Å². The first kappa shape index (κ1) is 10.9. The summed E-state index contributed by atoms with van der Waals surface area (Å²) in [6.45, 7) is 0. The standard InChI is InChI=1S/C11H9BrN2O2/c12-8-1-3-9(4-2-8)14-10(5-6-13-14)7-11(15)16/h1-6H,7H2,(H,15,16). The maximum atomic E-state index is 10.7. The fourth-order valence-electron chi connectivity index (χ4n) is 1.43. The van der Waals surface area contributed by atoms with Crippen molar-refractivity contribution in [2.24, 2.45) is 0 Å². The van der Waals surface area contributed by atoms with E-state index in [2.05, 4.69) is 21.0 Å². The van der Waals surface area contributed by atoms with Gasteiger partial charge < -0.3 is 5.11 Å². The maximum absolute atomic E-state index is 10.7. The van der Waals surface area contributed by atoms with Gasteiger partial charge in [-0.25, -0.2) is 4.68 Å². The molecule has 0 saturated carbocycles. The van der Waals surface area contributed by atoms with Crippen molar-refractivity contribution in [2.45, 2.75) is 6.42 Å². The minimum absolute atomic E-state index is 0.0317. The molecule has 16 heavy (non-hydrogen) atoms. The highest BCUT2D eigenvalue weighted by Gasteiger charge is 2.08. The molecule has 0 unspecified atom stereocenters. The molecule has 1 aromatic heterocycles. The Morgan fingerprint density at radius 2 is 2.00 bits per heavy atom. The second-order valence-electron chi connectivity index (χ2n) is 3.28. The van der Waals surface area contributed by atoms with E-state index in [1.165, 1.54) is 0 Å². The Morgan fingerprint density at radius 1 is 1.31 bits per heavy atom. The topological polar surface area (TPSA) is 55.1 Å². The molecule has 4 nitrogen and oxygen atoms in total. The van der Waals surface area contributed by atoms with Crippen molar-refractivity contribution in [2.75, 3.05) is 0 Å². The highest BCUT2D eigenvalue weighted by atomic mass is 79.9. The summed E-state index contributed by atoms with van der Waals surface area (Å²) in [6, 6.07) is 9.24. The van der Waals surface area contributed by atoms with Crippen LogP contribution in [0.15, 0.2) is 41.0 Å². The SMILES string of the molecule is O=C(O)Cc1ccnn1-c1ccc(Br)cc1. The van der Waals surface area contributed by atoms with Gasteiger partial charge >= 0.3 is 5.97 Å². The Morgan fingerprint density at radius 3 is 2.62 bits per heavy atom. The first-order valence-electron chi connectivity index (χ1n) is 4.67. The summed E-state index contributed by atoms with van der Waals surface area (Å²) in [5, 5.41) is 12.9. The number of carboxylic acids is 1. The fourth-order valence-corrected chi connectivity index (χ4v) is 1.70. The number of nitrogens with zero attached hydrogens (tertiary/aromatic N) is 2. The molecule has 0 atom stereocenters. The summed E-state index contributed by atoms with van der Waals surface area (Å²) in [5.41, 5.74) is 1.51. The van der Waals surface area contributed by atoms with Crippen LogP contribution in [0.3, 0.4) is 0 Å². The summed E-state index contributed by atoms with van der Waals surface area (Å²) in [5.74, 6) is -0.862. The van der Waals surface area contributed by atoms with Crippen LogP contribution in [-0.2, 0) is 11.2 Å². The monoisotopic (exact) mass is 280 g/mol. The predicted molar refractivity (Wildman–Crippen MR) is 62.6 cm³/mol.